The summed E-state index contributed by atoms with van der Waals surface area (Å²) in [6.45, 7) is 5.28. The molecule has 0 aliphatic rings. The molecule has 2 amide bonds. The molecular formula is C11H18N2O5. The average Bonchev–Trinajstić information content (AvgIpc) is 2.25. The number of carbonyl (C=O) groups excluding carboxylic acids is 2. The number of rotatable bonds is 8. The molecule has 18 heavy (non-hydrogen) atoms. The normalized spacial score (nSPS) is 9.61. The van der Waals surface area contributed by atoms with Crippen LogP contribution in [0.3, 0.4) is 0 Å². The van der Waals surface area contributed by atoms with Crippen molar-refractivity contribution in [2.75, 3.05) is 19.7 Å². The first-order chi connectivity index (χ1) is 8.34. The zero-order valence-corrected chi connectivity index (χ0v) is 10.3. The molecule has 0 spiro atoms. The minimum absolute atomic E-state index is 0.00169. The zero-order valence-electron chi connectivity index (χ0n) is 10.3. The van der Waals surface area contributed by atoms with Crippen LogP contribution in [0, 0.1) is 0 Å². The molecule has 3 N–H and O–H groups in total. The predicted molar refractivity (Wildman–Crippen MR) is 63.8 cm³/mol. The first-order valence-electron chi connectivity index (χ1n) is 5.43. The molecular weight excluding hydrogens is 240 g/mol. The quantitative estimate of drug-likeness (QED) is 0.482. The van der Waals surface area contributed by atoms with Crippen LogP contribution >= 0.6 is 0 Å². The molecule has 7 nitrogen and oxygen atoms in total. The molecule has 0 unspecified atom stereocenters. The second kappa shape index (κ2) is 8.10. The molecule has 102 valence electrons. The predicted octanol–water partition coefficient (Wildman–Crippen LogP) is 0.351. The van der Waals surface area contributed by atoms with Gasteiger partial charge in [0.15, 0.2) is 0 Å². The fourth-order valence-electron chi connectivity index (χ4n) is 1.13. The first-order valence-corrected chi connectivity index (χ1v) is 5.43. The van der Waals surface area contributed by atoms with Crippen molar-refractivity contribution >= 4 is 18.0 Å². The highest BCUT2D eigenvalue weighted by Gasteiger charge is 2.11. The van der Waals surface area contributed by atoms with E-state index >= 15 is 0 Å². The van der Waals surface area contributed by atoms with Crippen LogP contribution in [0.2, 0.25) is 0 Å². The van der Waals surface area contributed by atoms with E-state index in [4.69, 9.17) is 15.6 Å². The fourth-order valence-corrected chi connectivity index (χ4v) is 1.13. The highest BCUT2D eigenvalue weighted by molar-refractivity contribution is 5.86. The average molecular weight is 258 g/mol. The van der Waals surface area contributed by atoms with Gasteiger partial charge in [0.05, 0.1) is 6.54 Å². The van der Waals surface area contributed by atoms with Crippen molar-refractivity contribution in [3.63, 3.8) is 0 Å². The number of urea groups is 1. The van der Waals surface area contributed by atoms with E-state index in [1.54, 1.807) is 0 Å². The second-order valence-electron chi connectivity index (χ2n) is 3.74. The number of aliphatic carboxylic acids is 1. The lowest BCUT2D eigenvalue weighted by Gasteiger charge is -2.19. The third kappa shape index (κ3) is 7.26. The molecule has 0 aromatic heterocycles. The Morgan fingerprint density at radius 3 is 2.39 bits per heavy atom. The van der Waals surface area contributed by atoms with Crippen molar-refractivity contribution in [3.05, 3.63) is 12.2 Å². The van der Waals surface area contributed by atoms with Gasteiger partial charge in [-0.1, -0.05) is 6.58 Å². The highest BCUT2D eigenvalue weighted by Crippen LogP contribution is 1.97. The Bertz CT molecular complexity index is 340. The van der Waals surface area contributed by atoms with Gasteiger partial charge in [0, 0.05) is 18.5 Å². The topological polar surface area (TPSA) is 110 Å². The number of carbonyl (C=O) groups is 3. The third-order valence-corrected chi connectivity index (χ3v) is 2.07. The zero-order chi connectivity index (χ0) is 14.1. The summed E-state index contributed by atoms with van der Waals surface area (Å²) in [5.74, 6) is -1.47. The van der Waals surface area contributed by atoms with Crippen LogP contribution in [0.4, 0.5) is 4.79 Å². The molecule has 0 saturated heterocycles. The number of nitrogens with zero attached hydrogens (tertiary/aromatic N) is 1. The Labute approximate surface area is 105 Å². The summed E-state index contributed by atoms with van der Waals surface area (Å²) in [6.07, 6.45) is 0.252. The summed E-state index contributed by atoms with van der Waals surface area (Å²) in [4.78, 5) is 33.6. The van der Waals surface area contributed by atoms with Crippen LogP contribution in [0.5, 0.6) is 0 Å². The molecule has 0 aromatic carbocycles. The lowest BCUT2D eigenvalue weighted by Crippen LogP contribution is -2.39. The number of carboxylic acids is 1. The van der Waals surface area contributed by atoms with Crippen molar-refractivity contribution in [3.8, 4) is 0 Å². The largest absolute Gasteiger partial charge is 0.481 e. The molecule has 0 fully saturated rings. The van der Waals surface area contributed by atoms with Gasteiger partial charge in [-0.3, -0.25) is 4.79 Å². The van der Waals surface area contributed by atoms with Crippen molar-refractivity contribution in [1.82, 2.24) is 4.90 Å². The molecule has 0 atom stereocenters. The lowest BCUT2D eigenvalue weighted by atomic mass is 10.3. The number of esters is 1. The van der Waals surface area contributed by atoms with Crippen molar-refractivity contribution < 1.29 is 24.2 Å². The highest BCUT2D eigenvalue weighted by atomic mass is 16.5. The minimum Gasteiger partial charge on any atom is -0.481 e. The van der Waals surface area contributed by atoms with E-state index in [0.717, 1.165) is 0 Å². The van der Waals surface area contributed by atoms with Gasteiger partial charge in [0.2, 0.25) is 0 Å². The molecule has 7 heteroatoms. The molecule has 0 aromatic rings. The van der Waals surface area contributed by atoms with Crippen LogP contribution in [0.25, 0.3) is 0 Å². The van der Waals surface area contributed by atoms with Gasteiger partial charge in [-0.15, -0.1) is 0 Å². The van der Waals surface area contributed by atoms with Crippen molar-refractivity contribution in [2.45, 2.75) is 19.8 Å². The van der Waals surface area contributed by atoms with Crippen LogP contribution in [-0.2, 0) is 14.3 Å². The summed E-state index contributed by atoms with van der Waals surface area (Å²) in [6, 6.07) is -0.674. The first kappa shape index (κ1) is 16.0. The van der Waals surface area contributed by atoms with Gasteiger partial charge in [-0.25, -0.2) is 9.59 Å². The van der Waals surface area contributed by atoms with E-state index in [2.05, 4.69) is 6.58 Å². The Morgan fingerprint density at radius 1 is 1.33 bits per heavy atom. The second-order valence-corrected chi connectivity index (χ2v) is 3.74. The van der Waals surface area contributed by atoms with Crippen LogP contribution in [-0.4, -0.2) is 47.7 Å². The molecule has 0 aliphatic heterocycles. The lowest BCUT2D eigenvalue weighted by molar-refractivity contribution is -0.139. The maximum Gasteiger partial charge on any atom is 0.333 e. The number of nitrogens with two attached hydrogens (primary N) is 1. The summed E-state index contributed by atoms with van der Waals surface area (Å²) in [5.41, 5.74) is 5.38. The SMILES string of the molecule is C=C(C)C(=O)OCCN(CCCC(=O)O)C(N)=O. The van der Waals surface area contributed by atoms with Crippen molar-refractivity contribution in [1.29, 1.82) is 0 Å². The number of hydrogen-bond donors (Lipinski definition) is 2. The Hall–Kier alpha value is -2.05. The standard InChI is InChI=1S/C11H18N2O5/c1-8(2)10(16)18-7-6-13(11(12)17)5-3-4-9(14)15/h1,3-7H2,2H3,(H2,12,17)(H,14,15). The van der Waals surface area contributed by atoms with E-state index in [9.17, 15) is 14.4 Å². The Kier molecular flexibility index (Phi) is 7.18. The number of primary amides is 1. The number of hydrogen-bond acceptors (Lipinski definition) is 4. The Balaban J connectivity index is 3.98. The number of amides is 2. The summed E-state index contributed by atoms with van der Waals surface area (Å²) < 4.78 is 4.81. The summed E-state index contributed by atoms with van der Waals surface area (Å²) in [7, 11) is 0. The van der Waals surface area contributed by atoms with Crippen LogP contribution in [0.15, 0.2) is 12.2 Å². The van der Waals surface area contributed by atoms with E-state index in [0.29, 0.717) is 6.42 Å². The maximum absolute atomic E-state index is 11.1. The van der Waals surface area contributed by atoms with Gasteiger partial charge in [0.1, 0.15) is 6.61 Å². The smallest absolute Gasteiger partial charge is 0.333 e. The van der Waals surface area contributed by atoms with Crippen molar-refractivity contribution in [2.24, 2.45) is 5.73 Å². The van der Waals surface area contributed by atoms with Gasteiger partial charge < -0.3 is 20.5 Å². The maximum atomic E-state index is 11.1. The van der Waals surface area contributed by atoms with Gasteiger partial charge in [-0.05, 0) is 13.3 Å². The summed E-state index contributed by atoms with van der Waals surface area (Å²) in [5, 5.41) is 8.46. The minimum atomic E-state index is -0.937. The van der Waals surface area contributed by atoms with Gasteiger partial charge in [0.25, 0.3) is 0 Å². The van der Waals surface area contributed by atoms with Crippen LogP contribution < -0.4 is 5.73 Å². The van der Waals surface area contributed by atoms with E-state index < -0.39 is 18.0 Å². The van der Waals surface area contributed by atoms with E-state index in [1.807, 2.05) is 0 Å². The molecule has 0 rings (SSSR count). The third-order valence-electron chi connectivity index (χ3n) is 2.07. The Morgan fingerprint density at radius 2 is 1.94 bits per heavy atom. The number of carboxylic acid groups (broad SMARTS) is 1. The number of ether oxygens (including phenoxy) is 1. The monoisotopic (exact) mass is 258 g/mol. The van der Waals surface area contributed by atoms with Gasteiger partial charge >= 0.3 is 18.0 Å². The van der Waals surface area contributed by atoms with Crippen LogP contribution in [0.1, 0.15) is 19.8 Å². The van der Waals surface area contributed by atoms with Gasteiger partial charge in [-0.2, -0.15) is 0 Å². The molecule has 0 saturated carbocycles. The van der Waals surface area contributed by atoms with E-state index in [1.165, 1.54) is 11.8 Å². The molecule has 0 heterocycles. The fraction of sp³-hybridized carbons (Fsp3) is 0.545. The molecule has 0 bridgehead atoms. The molecule has 0 aliphatic carbocycles. The van der Waals surface area contributed by atoms with E-state index in [-0.39, 0.29) is 31.7 Å². The summed E-state index contributed by atoms with van der Waals surface area (Å²) >= 11 is 0. The molecule has 0 radical (unpaired) electrons.